The van der Waals surface area contributed by atoms with Gasteiger partial charge in [0.15, 0.2) is 5.69 Å². The molecule has 0 aliphatic carbocycles. The molecule has 1 aliphatic heterocycles. The van der Waals surface area contributed by atoms with E-state index in [9.17, 15) is 4.79 Å². The molecule has 1 saturated heterocycles. The first-order valence-electron chi connectivity index (χ1n) is 9.17. The van der Waals surface area contributed by atoms with Crippen LogP contribution in [0.25, 0.3) is 0 Å². The molecule has 140 valence electrons. The molecule has 1 aromatic heterocycles. The molecule has 0 N–H and O–H groups in total. The van der Waals surface area contributed by atoms with E-state index in [1.54, 1.807) is 10.9 Å². The quantitative estimate of drug-likeness (QED) is 0.533. The van der Waals surface area contributed by atoms with E-state index in [0.717, 1.165) is 30.9 Å². The maximum atomic E-state index is 11.4. The number of ether oxygens (including phenoxy) is 2. The van der Waals surface area contributed by atoms with Crippen LogP contribution in [-0.4, -0.2) is 59.2 Å². The minimum absolute atomic E-state index is 0.209. The Morgan fingerprint density at radius 2 is 1.92 bits per heavy atom. The van der Waals surface area contributed by atoms with Crippen molar-refractivity contribution in [2.45, 2.75) is 32.2 Å². The van der Waals surface area contributed by atoms with Crippen molar-refractivity contribution in [3.8, 4) is 5.75 Å². The smallest absolute Gasteiger partial charge is 0.360 e. The first kappa shape index (κ1) is 18.4. The van der Waals surface area contributed by atoms with Crippen LogP contribution in [0.1, 0.15) is 41.7 Å². The van der Waals surface area contributed by atoms with Crippen molar-refractivity contribution in [2.75, 3.05) is 33.4 Å². The molecule has 0 radical (unpaired) electrons. The Morgan fingerprint density at radius 3 is 2.65 bits per heavy atom. The molecule has 0 atom stereocenters. The van der Waals surface area contributed by atoms with Crippen LogP contribution in [0.4, 0.5) is 0 Å². The number of methoxy groups -OCH3 is 1. The second-order valence-corrected chi connectivity index (χ2v) is 6.54. The van der Waals surface area contributed by atoms with Crippen LogP contribution in [0.15, 0.2) is 30.5 Å². The Hall–Kier alpha value is -2.41. The highest BCUT2D eigenvalue weighted by molar-refractivity contribution is 5.86. The highest BCUT2D eigenvalue weighted by Crippen LogP contribution is 2.14. The summed E-state index contributed by atoms with van der Waals surface area (Å²) in [5.74, 6) is 0.394. The molecule has 0 amide bonds. The third-order valence-electron chi connectivity index (χ3n) is 4.54. The van der Waals surface area contributed by atoms with Crippen LogP contribution in [0.3, 0.4) is 0 Å². The van der Waals surface area contributed by atoms with Gasteiger partial charge in [0.1, 0.15) is 5.75 Å². The Bertz CT molecular complexity index is 693. The van der Waals surface area contributed by atoms with Gasteiger partial charge in [0.2, 0.25) is 0 Å². The van der Waals surface area contributed by atoms with Crippen molar-refractivity contribution < 1.29 is 14.3 Å². The molecule has 0 bridgehead atoms. The number of hydrogen-bond donors (Lipinski definition) is 0. The molecular formula is C19H26N4O3. The zero-order valence-electron chi connectivity index (χ0n) is 15.3. The van der Waals surface area contributed by atoms with E-state index in [0.29, 0.717) is 6.54 Å². The van der Waals surface area contributed by atoms with Gasteiger partial charge in [-0.25, -0.2) is 9.48 Å². The Balaban J connectivity index is 1.41. The Labute approximate surface area is 153 Å². The van der Waals surface area contributed by atoms with Gasteiger partial charge in [0, 0.05) is 6.54 Å². The van der Waals surface area contributed by atoms with E-state index in [-0.39, 0.29) is 5.69 Å². The second kappa shape index (κ2) is 9.33. The molecule has 3 rings (SSSR count). The summed E-state index contributed by atoms with van der Waals surface area (Å²) in [5, 5.41) is 7.74. The maximum Gasteiger partial charge on any atom is 0.360 e. The Kier molecular flexibility index (Phi) is 6.60. The maximum absolute atomic E-state index is 11.4. The lowest BCUT2D eigenvalue weighted by atomic mass is 10.1. The standard InChI is InChI=1S/C19H26N4O3/c1-25-19(24)18-15-23(21-20-18)14-16-6-8-17(9-7-16)26-13-5-12-22-10-3-2-4-11-22/h6-9,15H,2-5,10-14H2,1H3. The lowest BCUT2D eigenvalue weighted by molar-refractivity contribution is 0.0594. The van der Waals surface area contributed by atoms with Crippen LogP contribution >= 0.6 is 0 Å². The van der Waals surface area contributed by atoms with E-state index in [1.807, 2.05) is 24.3 Å². The summed E-state index contributed by atoms with van der Waals surface area (Å²) in [5.41, 5.74) is 1.27. The summed E-state index contributed by atoms with van der Waals surface area (Å²) in [4.78, 5) is 13.9. The predicted octanol–water partition coefficient (Wildman–Crippen LogP) is 2.37. The molecule has 7 heteroatoms. The normalized spacial score (nSPS) is 15.0. The van der Waals surface area contributed by atoms with Gasteiger partial charge in [-0.1, -0.05) is 23.8 Å². The number of piperidine rings is 1. The Morgan fingerprint density at radius 1 is 1.15 bits per heavy atom. The van der Waals surface area contributed by atoms with Crippen molar-refractivity contribution in [2.24, 2.45) is 0 Å². The molecule has 26 heavy (non-hydrogen) atoms. The van der Waals surface area contributed by atoms with Crippen molar-refractivity contribution in [3.63, 3.8) is 0 Å². The van der Waals surface area contributed by atoms with Gasteiger partial charge in [-0.2, -0.15) is 0 Å². The van der Waals surface area contributed by atoms with E-state index in [4.69, 9.17) is 4.74 Å². The molecule has 0 saturated carbocycles. The summed E-state index contributed by atoms with van der Waals surface area (Å²) in [6.45, 7) is 4.86. The number of carbonyl (C=O) groups excluding carboxylic acids is 1. The van der Waals surface area contributed by atoms with E-state index in [1.165, 1.54) is 39.5 Å². The molecule has 1 aromatic carbocycles. The SMILES string of the molecule is COC(=O)c1cn(Cc2ccc(OCCCN3CCCCC3)cc2)nn1. The average molecular weight is 358 g/mol. The molecule has 1 fully saturated rings. The minimum atomic E-state index is -0.482. The van der Waals surface area contributed by atoms with Crippen molar-refractivity contribution in [1.29, 1.82) is 0 Å². The van der Waals surface area contributed by atoms with Crippen LogP contribution in [0.5, 0.6) is 5.75 Å². The fraction of sp³-hybridized carbons (Fsp3) is 0.526. The molecule has 2 aromatic rings. The molecular weight excluding hydrogens is 332 g/mol. The average Bonchev–Trinajstić information content (AvgIpc) is 3.15. The summed E-state index contributed by atoms with van der Waals surface area (Å²) in [6.07, 6.45) is 6.66. The molecule has 0 unspecified atom stereocenters. The monoisotopic (exact) mass is 358 g/mol. The van der Waals surface area contributed by atoms with Crippen LogP contribution in [0, 0.1) is 0 Å². The lowest BCUT2D eigenvalue weighted by Crippen LogP contribution is -2.31. The van der Waals surface area contributed by atoms with E-state index < -0.39 is 5.97 Å². The van der Waals surface area contributed by atoms with Gasteiger partial charge in [-0.3, -0.25) is 0 Å². The molecule has 7 nitrogen and oxygen atoms in total. The molecule has 2 heterocycles. The number of likely N-dealkylation sites (tertiary alicyclic amines) is 1. The third kappa shape index (κ3) is 5.29. The van der Waals surface area contributed by atoms with Crippen LogP contribution < -0.4 is 4.74 Å². The number of aromatic nitrogens is 3. The van der Waals surface area contributed by atoms with Gasteiger partial charge < -0.3 is 14.4 Å². The van der Waals surface area contributed by atoms with E-state index in [2.05, 4.69) is 19.9 Å². The van der Waals surface area contributed by atoms with Crippen LogP contribution in [-0.2, 0) is 11.3 Å². The van der Waals surface area contributed by atoms with Gasteiger partial charge in [-0.15, -0.1) is 5.10 Å². The van der Waals surface area contributed by atoms with Gasteiger partial charge in [0.05, 0.1) is 26.5 Å². The van der Waals surface area contributed by atoms with Crippen molar-refractivity contribution in [3.05, 3.63) is 41.7 Å². The molecule has 0 spiro atoms. The summed E-state index contributed by atoms with van der Waals surface area (Å²) < 4.78 is 12.1. The van der Waals surface area contributed by atoms with Crippen molar-refractivity contribution in [1.82, 2.24) is 19.9 Å². The largest absolute Gasteiger partial charge is 0.494 e. The van der Waals surface area contributed by atoms with Crippen LogP contribution in [0.2, 0.25) is 0 Å². The van der Waals surface area contributed by atoms with Gasteiger partial charge >= 0.3 is 5.97 Å². The first-order valence-corrected chi connectivity index (χ1v) is 9.17. The number of nitrogens with zero attached hydrogens (tertiary/aromatic N) is 4. The highest BCUT2D eigenvalue weighted by atomic mass is 16.5. The minimum Gasteiger partial charge on any atom is -0.494 e. The van der Waals surface area contributed by atoms with Gasteiger partial charge in [0.25, 0.3) is 0 Å². The van der Waals surface area contributed by atoms with Crippen molar-refractivity contribution >= 4 is 5.97 Å². The highest BCUT2D eigenvalue weighted by Gasteiger charge is 2.11. The van der Waals surface area contributed by atoms with E-state index >= 15 is 0 Å². The lowest BCUT2D eigenvalue weighted by Gasteiger charge is -2.26. The zero-order valence-corrected chi connectivity index (χ0v) is 15.3. The first-order chi connectivity index (χ1) is 12.7. The number of carbonyl (C=O) groups is 1. The number of benzene rings is 1. The topological polar surface area (TPSA) is 69.5 Å². The molecule has 1 aliphatic rings. The van der Waals surface area contributed by atoms with Gasteiger partial charge in [-0.05, 0) is 50.0 Å². The second-order valence-electron chi connectivity index (χ2n) is 6.54. The summed E-state index contributed by atoms with van der Waals surface area (Å²) >= 11 is 0. The summed E-state index contributed by atoms with van der Waals surface area (Å²) in [7, 11) is 1.33. The number of esters is 1. The summed E-state index contributed by atoms with van der Waals surface area (Å²) in [6, 6.07) is 7.93. The zero-order chi connectivity index (χ0) is 18.2. The predicted molar refractivity (Wildman–Crippen MR) is 97.3 cm³/mol. The number of hydrogen-bond acceptors (Lipinski definition) is 6. The number of rotatable bonds is 8. The third-order valence-corrected chi connectivity index (χ3v) is 4.54. The fourth-order valence-corrected chi connectivity index (χ4v) is 3.11. The fourth-order valence-electron chi connectivity index (χ4n) is 3.11.